The van der Waals surface area contributed by atoms with Crippen molar-refractivity contribution >= 4 is 17.6 Å². The fourth-order valence-corrected chi connectivity index (χ4v) is 2.89. The number of hydrogen-bond donors (Lipinski definition) is 0. The number of amides is 1. The molecule has 21 heavy (non-hydrogen) atoms. The van der Waals surface area contributed by atoms with Crippen LogP contribution in [0.5, 0.6) is 0 Å². The van der Waals surface area contributed by atoms with Crippen LogP contribution in [-0.2, 0) is 14.3 Å². The Bertz CT molecular complexity index is 582. The second-order valence-corrected chi connectivity index (χ2v) is 5.34. The summed E-state index contributed by atoms with van der Waals surface area (Å²) in [6.07, 6.45) is 1.85. The first-order valence-electron chi connectivity index (χ1n) is 7.31. The van der Waals surface area contributed by atoms with Crippen molar-refractivity contribution in [3.8, 4) is 0 Å². The lowest BCUT2D eigenvalue weighted by Crippen LogP contribution is -2.51. The number of hydrazone groups is 1. The molecular weight excluding hydrogens is 268 g/mol. The lowest BCUT2D eigenvalue weighted by atomic mass is 9.68. The summed E-state index contributed by atoms with van der Waals surface area (Å²) < 4.78 is 4.91. The van der Waals surface area contributed by atoms with E-state index < -0.39 is 5.97 Å². The molecule has 1 aromatic rings. The average molecular weight is 286 g/mol. The Morgan fingerprint density at radius 3 is 2.62 bits per heavy atom. The fourth-order valence-electron chi connectivity index (χ4n) is 2.89. The third-order valence-electron chi connectivity index (χ3n) is 4.08. The van der Waals surface area contributed by atoms with Crippen molar-refractivity contribution in [1.82, 2.24) is 5.01 Å². The highest BCUT2D eigenvalue weighted by Crippen LogP contribution is 2.41. The van der Waals surface area contributed by atoms with Crippen molar-refractivity contribution in [1.29, 1.82) is 0 Å². The van der Waals surface area contributed by atoms with Crippen LogP contribution in [0.3, 0.4) is 0 Å². The quantitative estimate of drug-likeness (QED) is 0.793. The molecule has 0 N–H and O–H groups in total. The van der Waals surface area contributed by atoms with Gasteiger partial charge in [-0.25, -0.2) is 5.01 Å². The van der Waals surface area contributed by atoms with Gasteiger partial charge in [0.05, 0.1) is 12.3 Å². The number of rotatable bonds is 4. The molecule has 0 spiro atoms. The van der Waals surface area contributed by atoms with E-state index in [1.807, 2.05) is 30.3 Å². The molecule has 1 heterocycles. The van der Waals surface area contributed by atoms with Crippen molar-refractivity contribution in [3.63, 3.8) is 0 Å². The van der Waals surface area contributed by atoms with E-state index in [4.69, 9.17) is 4.74 Å². The van der Waals surface area contributed by atoms with Gasteiger partial charge in [-0.3, -0.25) is 9.59 Å². The zero-order valence-electron chi connectivity index (χ0n) is 12.0. The Morgan fingerprint density at radius 1 is 1.29 bits per heavy atom. The van der Waals surface area contributed by atoms with Crippen LogP contribution >= 0.6 is 0 Å². The molecule has 1 aliphatic carbocycles. The van der Waals surface area contributed by atoms with Gasteiger partial charge in [-0.2, -0.15) is 5.10 Å². The highest BCUT2D eigenvalue weighted by atomic mass is 16.5. The zero-order valence-corrected chi connectivity index (χ0v) is 12.0. The first-order chi connectivity index (χ1) is 10.2. The second kappa shape index (κ2) is 5.68. The predicted molar refractivity (Wildman–Crippen MR) is 77.5 cm³/mol. The lowest BCUT2D eigenvalue weighted by molar-refractivity contribution is -0.152. The summed E-state index contributed by atoms with van der Waals surface area (Å²) in [5.41, 5.74) is 1.93. The van der Waals surface area contributed by atoms with Crippen LogP contribution in [0.25, 0.3) is 0 Å². The summed E-state index contributed by atoms with van der Waals surface area (Å²) in [5.74, 6) is -0.316. The molecule has 110 valence electrons. The predicted octanol–water partition coefficient (Wildman–Crippen LogP) is 1.82. The summed E-state index contributed by atoms with van der Waals surface area (Å²) in [6, 6.07) is 9.85. The number of esters is 1. The smallest absolute Gasteiger partial charge is 0.327 e. The molecule has 0 aromatic heterocycles. The maximum atomic E-state index is 12.3. The second-order valence-electron chi connectivity index (χ2n) is 5.34. The summed E-state index contributed by atoms with van der Waals surface area (Å²) in [7, 11) is 0. The number of carbonyl (C=O) groups is 2. The minimum atomic E-state index is -0.417. The van der Waals surface area contributed by atoms with E-state index in [1.54, 1.807) is 6.92 Å². The molecular formula is C16H18N2O3. The average Bonchev–Trinajstić information content (AvgIpc) is 2.44. The summed E-state index contributed by atoms with van der Waals surface area (Å²) in [4.78, 5) is 23.9. The molecule has 3 rings (SSSR count). The number of carbonyl (C=O) groups excluding carboxylic acids is 2. The van der Waals surface area contributed by atoms with E-state index in [-0.39, 0.29) is 24.3 Å². The van der Waals surface area contributed by atoms with Gasteiger partial charge in [-0.05, 0) is 25.3 Å². The molecule has 5 nitrogen and oxygen atoms in total. The highest BCUT2D eigenvalue weighted by Gasteiger charge is 2.46. The van der Waals surface area contributed by atoms with Crippen LogP contribution in [-0.4, -0.2) is 35.7 Å². The SMILES string of the molecule is CCOC(=O)CN1N=C(c2ccccc2)C2CCC2C1=O. The summed E-state index contributed by atoms with van der Waals surface area (Å²) >= 11 is 0. The largest absolute Gasteiger partial charge is 0.465 e. The summed E-state index contributed by atoms with van der Waals surface area (Å²) in [6.45, 7) is 1.95. The van der Waals surface area contributed by atoms with E-state index in [1.165, 1.54) is 5.01 Å². The maximum absolute atomic E-state index is 12.3. The van der Waals surface area contributed by atoms with Gasteiger partial charge in [0.25, 0.3) is 0 Å². The van der Waals surface area contributed by atoms with Crippen LogP contribution < -0.4 is 0 Å². The Labute approximate surface area is 123 Å². The Hall–Kier alpha value is -2.17. The zero-order chi connectivity index (χ0) is 14.8. The van der Waals surface area contributed by atoms with Crippen molar-refractivity contribution in [2.24, 2.45) is 16.9 Å². The molecule has 2 atom stereocenters. The first-order valence-corrected chi connectivity index (χ1v) is 7.31. The van der Waals surface area contributed by atoms with Gasteiger partial charge in [0.1, 0.15) is 6.54 Å². The number of fused-ring (bicyclic) bond motifs is 1. The molecule has 1 aliphatic heterocycles. The van der Waals surface area contributed by atoms with E-state index in [9.17, 15) is 9.59 Å². The monoisotopic (exact) mass is 286 g/mol. The third-order valence-corrected chi connectivity index (χ3v) is 4.08. The van der Waals surface area contributed by atoms with Crippen LogP contribution in [0.2, 0.25) is 0 Å². The Balaban J connectivity index is 1.87. The van der Waals surface area contributed by atoms with Crippen LogP contribution in [0.1, 0.15) is 25.3 Å². The fraction of sp³-hybridized carbons (Fsp3) is 0.438. The Kier molecular flexibility index (Phi) is 3.73. The molecule has 1 aromatic carbocycles. The van der Waals surface area contributed by atoms with Gasteiger partial charge in [0.15, 0.2) is 0 Å². The minimum Gasteiger partial charge on any atom is -0.465 e. The van der Waals surface area contributed by atoms with Gasteiger partial charge in [-0.1, -0.05) is 30.3 Å². The van der Waals surface area contributed by atoms with E-state index >= 15 is 0 Å². The van der Waals surface area contributed by atoms with Gasteiger partial charge in [-0.15, -0.1) is 0 Å². The van der Waals surface area contributed by atoms with E-state index in [2.05, 4.69) is 5.10 Å². The topological polar surface area (TPSA) is 59.0 Å². The van der Waals surface area contributed by atoms with Gasteiger partial charge >= 0.3 is 5.97 Å². The van der Waals surface area contributed by atoms with Crippen LogP contribution in [0, 0.1) is 11.8 Å². The molecule has 2 aliphatic rings. The van der Waals surface area contributed by atoms with E-state index in [0.717, 1.165) is 24.1 Å². The molecule has 0 saturated heterocycles. The maximum Gasteiger partial charge on any atom is 0.327 e. The first kappa shape index (κ1) is 13.8. The Morgan fingerprint density at radius 2 is 2.00 bits per heavy atom. The third kappa shape index (κ3) is 2.55. The van der Waals surface area contributed by atoms with E-state index in [0.29, 0.717) is 6.61 Å². The molecule has 1 fully saturated rings. The van der Waals surface area contributed by atoms with Gasteiger partial charge in [0.2, 0.25) is 5.91 Å². The van der Waals surface area contributed by atoms with Crippen molar-refractivity contribution in [2.45, 2.75) is 19.8 Å². The van der Waals surface area contributed by atoms with Crippen molar-refractivity contribution in [3.05, 3.63) is 35.9 Å². The lowest BCUT2D eigenvalue weighted by Gasteiger charge is -2.42. The normalized spacial score (nSPS) is 24.0. The van der Waals surface area contributed by atoms with Crippen molar-refractivity contribution < 1.29 is 14.3 Å². The standard InChI is InChI=1S/C16H18N2O3/c1-2-21-14(19)10-18-16(20)13-9-8-12(13)15(17-18)11-6-4-3-5-7-11/h3-7,12-13H,2,8-10H2,1H3. The van der Waals surface area contributed by atoms with Gasteiger partial charge in [0, 0.05) is 11.8 Å². The molecule has 1 saturated carbocycles. The molecule has 0 radical (unpaired) electrons. The molecule has 2 unspecified atom stereocenters. The van der Waals surface area contributed by atoms with Crippen LogP contribution in [0.15, 0.2) is 35.4 Å². The molecule has 1 amide bonds. The number of nitrogens with zero attached hydrogens (tertiary/aromatic N) is 2. The summed E-state index contributed by atoms with van der Waals surface area (Å²) in [5, 5.41) is 5.72. The molecule has 0 bridgehead atoms. The minimum absolute atomic E-state index is 0.0351. The van der Waals surface area contributed by atoms with Crippen molar-refractivity contribution in [2.75, 3.05) is 13.2 Å². The highest BCUT2D eigenvalue weighted by molar-refractivity contribution is 6.07. The van der Waals surface area contributed by atoms with Crippen LogP contribution in [0.4, 0.5) is 0 Å². The molecule has 5 heteroatoms. The number of ether oxygens (including phenoxy) is 1. The number of benzene rings is 1. The number of hydrogen-bond acceptors (Lipinski definition) is 4. The van der Waals surface area contributed by atoms with Gasteiger partial charge < -0.3 is 4.74 Å².